The standard InChI is InChI=1S/C11H23N/c1-4-6-7-11-10(5-2)9(3)8-12-11/h9-12H,4-8H2,1-3H3. The average molecular weight is 169 g/mol. The van der Waals surface area contributed by atoms with E-state index in [1.54, 1.807) is 0 Å². The van der Waals surface area contributed by atoms with Crippen LogP contribution < -0.4 is 5.32 Å². The number of nitrogens with one attached hydrogen (secondary N) is 1. The fraction of sp³-hybridized carbons (Fsp3) is 1.00. The van der Waals surface area contributed by atoms with Gasteiger partial charge in [-0.2, -0.15) is 0 Å². The molecule has 1 fully saturated rings. The van der Waals surface area contributed by atoms with Crippen LogP contribution in [0.25, 0.3) is 0 Å². The summed E-state index contributed by atoms with van der Waals surface area (Å²) in [7, 11) is 0. The van der Waals surface area contributed by atoms with E-state index in [0.717, 1.165) is 17.9 Å². The van der Waals surface area contributed by atoms with Gasteiger partial charge in [0.15, 0.2) is 0 Å². The van der Waals surface area contributed by atoms with E-state index < -0.39 is 0 Å². The lowest BCUT2D eigenvalue weighted by Gasteiger charge is -2.20. The second-order valence-corrected chi connectivity index (χ2v) is 4.21. The molecule has 0 bridgehead atoms. The Hall–Kier alpha value is -0.0400. The Morgan fingerprint density at radius 1 is 1.33 bits per heavy atom. The minimum atomic E-state index is 0.824. The molecule has 3 unspecified atom stereocenters. The third-order valence-corrected chi connectivity index (χ3v) is 3.29. The summed E-state index contributed by atoms with van der Waals surface area (Å²) in [5.41, 5.74) is 0. The van der Waals surface area contributed by atoms with E-state index in [9.17, 15) is 0 Å². The first kappa shape index (κ1) is 10.0. The largest absolute Gasteiger partial charge is 0.313 e. The summed E-state index contributed by atoms with van der Waals surface area (Å²) < 4.78 is 0. The molecule has 3 atom stereocenters. The summed E-state index contributed by atoms with van der Waals surface area (Å²) in [6.45, 7) is 8.23. The third kappa shape index (κ3) is 2.22. The molecule has 0 aromatic carbocycles. The molecule has 0 amide bonds. The Balaban J connectivity index is 2.32. The summed E-state index contributed by atoms with van der Waals surface area (Å²) in [4.78, 5) is 0. The highest BCUT2D eigenvalue weighted by Crippen LogP contribution is 2.27. The Kier molecular flexibility index (Phi) is 4.07. The van der Waals surface area contributed by atoms with Crippen molar-refractivity contribution in [3.8, 4) is 0 Å². The second kappa shape index (κ2) is 4.86. The van der Waals surface area contributed by atoms with E-state index in [1.807, 2.05) is 0 Å². The van der Waals surface area contributed by atoms with E-state index in [-0.39, 0.29) is 0 Å². The Bertz CT molecular complexity index is 122. The van der Waals surface area contributed by atoms with E-state index in [4.69, 9.17) is 0 Å². The molecule has 1 rings (SSSR count). The van der Waals surface area contributed by atoms with Gasteiger partial charge in [-0.15, -0.1) is 0 Å². The van der Waals surface area contributed by atoms with Crippen LogP contribution in [0.2, 0.25) is 0 Å². The van der Waals surface area contributed by atoms with Crippen LogP contribution in [0, 0.1) is 11.8 Å². The second-order valence-electron chi connectivity index (χ2n) is 4.21. The van der Waals surface area contributed by atoms with Crippen LogP contribution in [-0.2, 0) is 0 Å². The van der Waals surface area contributed by atoms with Crippen molar-refractivity contribution in [2.24, 2.45) is 11.8 Å². The average Bonchev–Trinajstić information content (AvgIpc) is 2.43. The van der Waals surface area contributed by atoms with Gasteiger partial charge in [-0.1, -0.05) is 40.0 Å². The van der Waals surface area contributed by atoms with Crippen molar-refractivity contribution in [3.63, 3.8) is 0 Å². The zero-order chi connectivity index (χ0) is 8.97. The van der Waals surface area contributed by atoms with Gasteiger partial charge in [0.25, 0.3) is 0 Å². The van der Waals surface area contributed by atoms with Gasteiger partial charge in [0.05, 0.1) is 0 Å². The third-order valence-electron chi connectivity index (χ3n) is 3.29. The number of rotatable bonds is 4. The Morgan fingerprint density at radius 2 is 2.08 bits per heavy atom. The highest BCUT2D eigenvalue weighted by atomic mass is 15.0. The molecule has 0 radical (unpaired) electrons. The van der Waals surface area contributed by atoms with Crippen LogP contribution in [-0.4, -0.2) is 12.6 Å². The summed E-state index contributed by atoms with van der Waals surface area (Å²) in [6.07, 6.45) is 5.46. The smallest absolute Gasteiger partial charge is 0.00983 e. The van der Waals surface area contributed by atoms with Gasteiger partial charge in [0, 0.05) is 6.04 Å². The zero-order valence-electron chi connectivity index (χ0n) is 8.77. The SMILES string of the molecule is CCCCC1NCC(C)C1CC. The highest BCUT2D eigenvalue weighted by molar-refractivity contribution is 4.87. The number of unbranched alkanes of at least 4 members (excludes halogenated alkanes) is 1. The Morgan fingerprint density at radius 3 is 2.67 bits per heavy atom. The van der Waals surface area contributed by atoms with Crippen LogP contribution >= 0.6 is 0 Å². The zero-order valence-corrected chi connectivity index (χ0v) is 8.77. The van der Waals surface area contributed by atoms with Crippen LogP contribution in [0.3, 0.4) is 0 Å². The van der Waals surface area contributed by atoms with Crippen LogP contribution in [0.4, 0.5) is 0 Å². The number of hydrogen-bond donors (Lipinski definition) is 1. The van der Waals surface area contributed by atoms with Crippen molar-refractivity contribution >= 4 is 0 Å². The summed E-state index contributed by atoms with van der Waals surface area (Å²) in [5, 5.41) is 3.64. The molecule has 0 aliphatic carbocycles. The lowest BCUT2D eigenvalue weighted by Crippen LogP contribution is -2.26. The number of hydrogen-bond acceptors (Lipinski definition) is 1. The minimum absolute atomic E-state index is 0.824. The topological polar surface area (TPSA) is 12.0 Å². The van der Waals surface area contributed by atoms with Gasteiger partial charge >= 0.3 is 0 Å². The maximum atomic E-state index is 3.64. The van der Waals surface area contributed by atoms with Crippen LogP contribution in [0.5, 0.6) is 0 Å². The van der Waals surface area contributed by atoms with Crippen molar-refractivity contribution in [1.82, 2.24) is 5.32 Å². The molecule has 12 heavy (non-hydrogen) atoms. The fourth-order valence-corrected chi connectivity index (χ4v) is 2.46. The van der Waals surface area contributed by atoms with E-state index >= 15 is 0 Å². The van der Waals surface area contributed by atoms with Crippen LogP contribution in [0.1, 0.15) is 46.5 Å². The molecule has 1 aliphatic rings. The minimum Gasteiger partial charge on any atom is -0.313 e. The predicted octanol–water partition coefficient (Wildman–Crippen LogP) is 2.81. The predicted molar refractivity (Wildman–Crippen MR) is 54.3 cm³/mol. The van der Waals surface area contributed by atoms with Gasteiger partial charge in [-0.25, -0.2) is 0 Å². The van der Waals surface area contributed by atoms with Crippen molar-refractivity contribution in [1.29, 1.82) is 0 Å². The van der Waals surface area contributed by atoms with Crippen molar-refractivity contribution in [2.45, 2.75) is 52.5 Å². The monoisotopic (exact) mass is 169 g/mol. The van der Waals surface area contributed by atoms with E-state index in [0.29, 0.717) is 0 Å². The molecule has 1 heteroatoms. The Labute approximate surface area is 76.9 Å². The highest BCUT2D eigenvalue weighted by Gasteiger charge is 2.30. The van der Waals surface area contributed by atoms with Gasteiger partial charge < -0.3 is 5.32 Å². The molecule has 1 nitrogen and oxygen atoms in total. The van der Waals surface area contributed by atoms with Crippen molar-refractivity contribution < 1.29 is 0 Å². The van der Waals surface area contributed by atoms with Crippen molar-refractivity contribution in [3.05, 3.63) is 0 Å². The normalized spacial score (nSPS) is 35.8. The molecule has 1 saturated heterocycles. The molecule has 1 N–H and O–H groups in total. The fourth-order valence-electron chi connectivity index (χ4n) is 2.46. The first-order chi connectivity index (χ1) is 5.79. The van der Waals surface area contributed by atoms with Gasteiger partial charge in [-0.3, -0.25) is 0 Å². The first-order valence-electron chi connectivity index (χ1n) is 5.53. The maximum absolute atomic E-state index is 3.64. The maximum Gasteiger partial charge on any atom is 0.00983 e. The molecular weight excluding hydrogens is 146 g/mol. The lowest BCUT2D eigenvalue weighted by molar-refractivity contribution is 0.350. The molecule has 0 aromatic heterocycles. The van der Waals surface area contributed by atoms with Gasteiger partial charge in [0.1, 0.15) is 0 Å². The molecule has 0 saturated carbocycles. The molecule has 1 heterocycles. The summed E-state index contributed by atoms with van der Waals surface area (Å²) in [5.74, 6) is 1.84. The van der Waals surface area contributed by atoms with Gasteiger partial charge in [0.2, 0.25) is 0 Å². The van der Waals surface area contributed by atoms with E-state index in [1.165, 1.54) is 32.2 Å². The molecule has 1 aliphatic heterocycles. The van der Waals surface area contributed by atoms with Crippen LogP contribution in [0.15, 0.2) is 0 Å². The molecule has 72 valence electrons. The molecular formula is C11H23N. The molecule has 0 spiro atoms. The van der Waals surface area contributed by atoms with Gasteiger partial charge in [-0.05, 0) is 24.8 Å². The van der Waals surface area contributed by atoms with Crippen molar-refractivity contribution in [2.75, 3.05) is 6.54 Å². The summed E-state index contributed by atoms with van der Waals surface area (Å²) in [6, 6.07) is 0.824. The quantitative estimate of drug-likeness (QED) is 0.682. The first-order valence-corrected chi connectivity index (χ1v) is 5.53. The molecule has 0 aromatic rings. The van der Waals surface area contributed by atoms with E-state index in [2.05, 4.69) is 26.1 Å². The summed E-state index contributed by atoms with van der Waals surface area (Å²) >= 11 is 0. The lowest BCUT2D eigenvalue weighted by atomic mass is 9.87.